The van der Waals surface area contributed by atoms with Crippen LogP contribution in [-0.2, 0) is 9.59 Å². The van der Waals surface area contributed by atoms with Gasteiger partial charge in [0.1, 0.15) is 17.8 Å². The lowest BCUT2D eigenvalue weighted by molar-refractivity contribution is -0.179. The molecule has 3 aliphatic heterocycles. The second-order valence-electron chi connectivity index (χ2n) is 9.52. The Labute approximate surface area is 209 Å². The van der Waals surface area contributed by atoms with Crippen LogP contribution in [0.4, 0.5) is 8.78 Å². The zero-order chi connectivity index (χ0) is 24.9. The highest BCUT2D eigenvalue weighted by Gasteiger charge is 2.60. The molecule has 2 bridgehead atoms. The quantitative estimate of drug-likeness (QED) is 0.556. The summed E-state index contributed by atoms with van der Waals surface area (Å²) in [4.78, 5) is 43.2. The average molecular weight is 524 g/mol. The van der Waals surface area contributed by atoms with E-state index in [-0.39, 0.29) is 24.4 Å². The number of nitrogens with zero attached hydrogens (tertiary/aromatic N) is 2. The van der Waals surface area contributed by atoms with E-state index >= 15 is 0 Å². The van der Waals surface area contributed by atoms with E-state index in [1.54, 1.807) is 11.4 Å². The van der Waals surface area contributed by atoms with Crippen molar-refractivity contribution in [3.63, 3.8) is 0 Å². The van der Waals surface area contributed by atoms with E-state index in [0.717, 1.165) is 11.1 Å². The number of fused-ring (bicyclic) bond motifs is 4. The van der Waals surface area contributed by atoms with Gasteiger partial charge in [0.25, 0.3) is 11.8 Å². The summed E-state index contributed by atoms with van der Waals surface area (Å²) in [5.74, 6) is -6.42. The molecule has 186 valence electrons. The predicted octanol–water partition coefficient (Wildman–Crippen LogP) is 3.44. The van der Waals surface area contributed by atoms with Gasteiger partial charge in [-0.15, -0.1) is 11.3 Å². The minimum Gasteiger partial charge on any atom is -0.356 e. The van der Waals surface area contributed by atoms with Crippen molar-refractivity contribution >= 4 is 50.9 Å². The number of amides is 3. The third kappa shape index (κ3) is 4.27. The van der Waals surface area contributed by atoms with Crippen molar-refractivity contribution in [1.82, 2.24) is 20.5 Å². The number of nitriles is 1. The van der Waals surface area contributed by atoms with Crippen molar-refractivity contribution in [2.45, 2.75) is 62.6 Å². The van der Waals surface area contributed by atoms with Crippen molar-refractivity contribution < 1.29 is 23.2 Å². The number of H-pyrrole nitrogens is 1. The molecular formula is C23H24ClF2N5O3S. The summed E-state index contributed by atoms with van der Waals surface area (Å²) >= 11 is 7.50. The molecule has 3 amide bonds. The summed E-state index contributed by atoms with van der Waals surface area (Å²) in [5, 5.41) is 17.1. The number of aromatic nitrogens is 1. The maximum absolute atomic E-state index is 14.9. The highest BCUT2D eigenvalue weighted by molar-refractivity contribution is 7.17. The van der Waals surface area contributed by atoms with Crippen LogP contribution in [0.1, 0.15) is 49.0 Å². The first-order chi connectivity index (χ1) is 16.7. The predicted molar refractivity (Wildman–Crippen MR) is 125 cm³/mol. The first kappa shape index (κ1) is 24.0. The van der Waals surface area contributed by atoms with Gasteiger partial charge in [0, 0.05) is 30.3 Å². The molecule has 5 heterocycles. The Bertz CT molecular complexity index is 1220. The Balaban J connectivity index is 1.40. The molecule has 2 aromatic rings. The van der Waals surface area contributed by atoms with Crippen LogP contribution in [0.2, 0.25) is 5.02 Å². The molecule has 2 aromatic heterocycles. The Kier molecular flexibility index (Phi) is 6.21. The van der Waals surface area contributed by atoms with E-state index < -0.39 is 54.1 Å². The van der Waals surface area contributed by atoms with Gasteiger partial charge in [-0.1, -0.05) is 11.6 Å². The van der Waals surface area contributed by atoms with E-state index in [1.165, 1.54) is 16.2 Å². The normalized spacial score (nSPS) is 28.4. The highest BCUT2D eigenvalue weighted by atomic mass is 35.5. The number of hydrogen-bond acceptors (Lipinski definition) is 5. The Morgan fingerprint density at radius 3 is 2.86 bits per heavy atom. The SMILES string of the molecule is N#CC(CC1CCCNC1=O)NC(=O)C1C2CCC(CC2(F)F)N1C(=O)c1cc2scc(Cl)c2[nH]1. The molecule has 3 N–H and O–H groups in total. The van der Waals surface area contributed by atoms with Crippen LogP contribution in [-0.4, -0.2) is 58.2 Å². The molecule has 4 aliphatic rings. The van der Waals surface area contributed by atoms with Crippen LogP contribution in [0.15, 0.2) is 11.4 Å². The fourth-order valence-electron chi connectivity index (χ4n) is 5.68. The van der Waals surface area contributed by atoms with Crippen LogP contribution in [0.25, 0.3) is 10.2 Å². The fraction of sp³-hybridized carbons (Fsp3) is 0.565. The van der Waals surface area contributed by atoms with E-state index in [1.807, 2.05) is 6.07 Å². The number of carbonyl (C=O) groups excluding carboxylic acids is 3. The number of rotatable bonds is 5. The lowest BCUT2D eigenvalue weighted by Gasteiger charge is -2.53. The van der Waals surface area contributed by atoms with Crippen molar-refractivity contribution in [1.29, 1.82) is 5.26 Å². The molecule has 0 spiro atoms. The van der Waals surface area contributed by atoms with Gasteiger partial charge in [0.2, 0.25) is 11.8 Å². The standard InChI is InChI=1S/C23H24ClF2N5O3S/c24-15-10-35-17-7-16(30-18(15)17)22(34)31-13-3-4-14(23(25,26)8-13)19(31)21(33)29-12(9-27)6-11-2-1-5-28-20(11)32/h7,10-14,19,30H,1-6,8H2,(H,28,32)(H,29,33). The number of piperidine rings is 3. The zero-order valence-corrected chi connectivity index (χ0v) is 20.2. The molecule has 1 aliphatic carbocycles. The van der Waals surface area contributed by atoms with Crippen LogP contribution in [0, 0.1) is 23.2 Å². The van der Waals surface area contributed by atoms with Gasteiger partial charge in [-0.05, 0) is 38.2 Å². The maximum Gasteiger partial charge on any atom is 0.271 e. The number of thiophene rings is 1. The van der Waals surface area contributed by atoms with E-state index in [9.17, 15) is 28.4 Å². The summed E-state index contributed by atoms with van der Waals surface area (Å²) in [5.41, 5.74) is 0.766. The third-order valence-electron chi connectivity index (χ3n) is 7.37. The van der Waals surface area contributed by atoms with Crippen molar-refractivity contribution in [3.8, 4) is 6.07 Å². The summed E-state index contributed by atoms with van der Waals surface area (Å²) in [6.07, 6.45) is 1.41. The zero-order valence-electron chi connectivity index (χ0n) is 18.7. The molecule has 3 saturated heterocycles. The lowest BCUT2D eigenvalue weighted by Crippen LogP contribution is -2.68. The first-order valence-corrected chi connectivity index (χ1v) is 12.9. The molecular weight excluding hydrogens is 500 g/mol. The second kappa shape index (κ2) is 9.06. The van der Waals surface area contributed by atoms with E-state index in [2.05, 4.69) is 15.6 Å². The third-order valence-corrected chi connectivity index (χ3v) is 8.73. The Morgan fingerprint density at radius 1 is 1.37 bits per heavy atom. The molecule has 12 heteroatoms. The Morgan fingerprint density at radius 2 is 2.17 bits per heavy atom. The molecule has 35 heavy (non-hydrogen) atoms. The first-order valence-electron chi connectivity index (χ1n) is 11.6. The van der Waals surface area contributed by atoms with Crippen molar-refractivity contribution in [2.75, 3.05) is 6.54 Å². The fourth-order valence-corrected chi connectivity index (χ4v) is 6.83. The molecule has 5 unspecified atom stereocenters. The summed E-state index contributed by atoms with van der Waals surface area (Å²) in [6.45, 7) is 0.567. The maximum atomic E-state index is 14.9. The van der Waals surface area contributed by atoms with Gasteiger partial charge in [0.05, 0.1) is 27.2 Å². The minimum absolute atomic E-state index is 0.0879. The summed E-state index contributed by atoms with van der Waals surface area (Å²) in [6, 6.07) is 0.338. The molecule has 0 aromatic carbocycles. The van der Waals surface area contributed by atoms with Gasteiger partial charge < -0.3 is 20.5 Å². The van der Waals surface area contributed by atoms with Crippen LogP contribution in [0.5, 0.6) is 0 Å². The number of halogens is 3. The van der Waals surface area contributed by atoms with Crippen molar-refractivity contribution in [3.05, 3.63) is 22.2 Å². The summed E-state index contributed by atoms with van der Waals surface area (Å²) in [7, 11) is 0. The largest absolute Gasteiger partial charge is 0.356 e. The van der Waals surface area contributed by atoms with Crippen LogP contribution < -0.4 is 10.6 Å². The van der Waals surface area contributed by atoms with Gasteiger partial charge >= 0.3 is 0 Å². The molecule has 1 saturated carbocycles. The van der Waals surface area contributed by atoms with E-state index in [4.69, 9.17) is 11.6 Å². The molecule has 5 atom stereocenters. The molecule has 4 fully saturated rings. The molecule has 8 nitrogen and oxygen atoms in total. The number of nitrogens with one attached hydrogen (secondary N) is 3. The van der Waals surface area contributed by atoms with Crippen LogP contribution >= 0.6 is 22.9 Å². The minimum atomic E-state index is -3.10. The monoisotopic (exact) mass is 523 g/mol. The number of hydrogen-bond donors (Lipinski definition) is 3. The van der Waals surface area contributed by atoms with Gasteiger partial charge in [-0.3, -0.25) is 14.4 Å². The second-order valence-corrected chi connectivity index (χ2v) is 10.8. The molecule has 6 rings (SSSR count). The molecule has 0 radical (unpaired) electrons. The van der Waals surface area contributed by atoms with Gasteiger partial charge in [-0.2, -0.15) is 5.26 Å². The Hall–Kier alpha value is -2.71. The van der Waals surface area contributed by atoms with E-state index in [0.29, 0.717) is 29.9 Å². The highest BCUT2D eigenvalue weighted by Crippen LogP contribution is 2.49. The number of carbonyl (C=O) groups is 3. The topological polar surface area (TPSA) is 118 Å². The lowest BCUT2D eigenvalue weighted by atomic mass is 9.71. The number of alkyl halides is 2. The van der Waals surface area contributed by atoms with Crippen molar-refractivity contribution in [2.24, 2.45) is 11.8 Å². The van der Waals surface area contributed by atoms with Gasteiger partial charge in [0.15, 0.2) is 0 Å². The van der Waals surface area contributed by atoms with Gasteiger partial charge in [-0.25, -0.2) is 8.78 Å². The smallest absolute Gasteiger partial charge is 0.271 e. The van der Waals surface area contributed by atoms with Crippen LogP contribution in [0.3, 0.4) is 0 Å². The average Bonchev–Trinajstić information content (AvgIpc) is 3.40. The summed E-state index contributed by atoms with van der Waals surface area (Å²) < 4.78 is 30.6. The number of aromatic amines is 1.